The smallest absolute Gasteiger partial charge is 0.326 e. The zero-order valence-corrected chi connectivity index (χ0v) is 13.4. The molecule has 2 atom stereocenters. The summed E-state index contributed by atoms with van der Waals surface area (Å²) in [6, 6.07) is -1.25. The largest absolute Gasteiger partial charge is 0.480 e. The standard InChI is InChI=1S/C14H28N2O5/c1-5-11(2)16(8-10-21-4)14(19)15-12(13(17)18)7-6-9-20-3/h11-12H,5-10H2,1-4H3,(H,15,19)(H,17,18). The second-order valence-electron chi connectivity index (χ2n) is 4.92. The van der Waals surface area contributed by atoms with E-state index < -0.39 is 12.0 Å². The summed E-state index contributed by atoms with van der Waals surface area (Å²) in [6.07, 6.45) is 1.71. The second kappa shape index (κ2) is 11.3. The molecule has 0 rings (SSSR count). The van der Waals surface area contributed by atoms with Crippen LogP contribution in [0.3, 0.4) is 0 Å². The number of rotatable bonds is 11. The van der Waals surface area contributed by atoms with E-state index in [0.29, 0.717) is 32.6 Å². The Balaban J connectivity index is 4.61. The molecule has 0 radical (unpaired) electrons. The molecule has 21 heavy (non-hydrogen) atoms. The third kappa shape index (κ3) is 7.87. The molecule has 0 fully saturated rings. The van der Waals surface area contributed by atoms with Crippen molar-refractivity contribution in [3.8, 4) is 0 Å². The molecule has 0 aromatic rings. The molecule has 0 heterocycles. The van der Waals surface area contributed by atoms with Crippen LogP contribution in [0.5, 0.6) is 0 Å². The number of carbonyl (C=O) groups excluding carboxylic acids is 1. The van der Waals surface area contributed by atoms with Crippen LogP contribution in [0.15, 0.2) is 0 Å². The first-order valence-electron chi connectivity index (χ1n) is 7.25. The lowest BCUT2D eigenvalue weighted by molar-refractivity contribution is -0.139. The summed E-state index contributed by atoms with van der Waals surface area (Å²) in [7, 11) is 3.13. The molecule has 7 nitrogen and oxygen atoms in total. The van der Waals surface area contributed by atoms with E-state index in [9.17, 15) is 14.7 Å². The van der Waals surface area contributed by atoms with Gasteiger partial charge in [0, 0.05) is 33.4 Å². The molecule has 124 valence electrons. The summed E-state index contributed by atoms with van der Waals surface area (Å²) in [4.78, 5) is 25.1. The average molecular weight is 304 g/mol. The van der Waals surface area contributed by atoms with Gasteiger partial charge in [0.2, 0.25) is 0 Å². The topological polar surface area (TPSA) is 88.1 Å². The summed E-state index contributed by atoms with van der Waals surface area (Å²) in [5.41, 5.74) is 0. The highest BCUT2D eigenvalue weighted by atomic mass is 16.5. The fourth-order valence-electron chi connectivity index (χ4n) is 1.85. The normalized spacial score (nSPS) is 13.5. The Morgan fingerprint density at radius 2 is 1.86 bits per heavy atom. The molecule has 0 aromatic heterocycles. The Kier molecular flexibility index (Phi) is 10.6. The summed E-state index contributed by atoms with van der Waals surface area (Å²) in [6.45, 7) is 5.22. The van der Waals surface area contributed by atoms with Gasteiger partial charge in [-0.1, -0.05) is 6.92 Å². The number of hydrogen-bond donors (Lipinski definition) is 2. The van der Waals surface area contributed by atoms with Gasteiger partial charge in [-0.25, -0.2) is 9.59 Å². The molecule has 2 amide bonds. The minimum Gasteiger partial charge on any atom is -0.480 e. The highest BCUT2D eigenvalue weighted by Crippen LogP contribution is 2.06. The predicted molar refractivity (Wildman–Crippen MR) is 79.4 cm³/mol. The molecule has 0 saturated heterocycles. The van der Waals surface area contributed by atoms with Gasteiger partial charge in [-0.15, -0.1) is 0 Å². The Morgan fingerprint density at radius 3 is 2.33 bits per heavy atom. The van der Waals surface area contributed by atoms with Crippen LogP contribution in [-0.2, 0) is 14.3 Å². The van der Waals surface area contributed by atoms with Crippen LogP contribution < -0.4 is 5.32 Å². The number of aliphatic carboxylic acids is 1. The summed E-state index contributed by atoms with van der Waals surface area (Å²) in [5.74, 6) is -1.03. The van der Waals surface area contributed by atoms with Gasteiger partial charge in [0.15, 0.2) is 0 Å². The van der Waals surface area contributed by atoms with Crippen molar-refractivity contribution >= 4 is 12.0 Å². The maximum atomic E-state index is 12.3. The number of methoxy groups -OCH3 is 2. The third-order valence-electron chi connectivity index (χ3n) is 3.36. The van der Waals surface area contributed by atoms with Gasteiger partial charge in [0.25, 0.3) is 0 Å². The molecule has 0 spiro atoms. The van der Waals surface area contributed by atoms with Gasteiger partial charge < -0.3 is 24.8 Å². The van der Waals surface area contributed by atoms with E-state index in [1.165, 1.54) is 0 Å². The number of nitrogens with one attached hydrogen (secondary N) is 1. The van der Waals surface area contributed by atoms with Crippen molar-refractivity contribution in [2.24, 2.45) is 0 Å². The molecule has 2 unspecified atom stereocenters. The number of nitrogens with zero attached hydrogens (tertiary/aromatic N) is 1. The Morgan fingerprint density at radius 1 is 1.24 bits per heavy atom. The molecule has 0 aromatic carbocycles. The summed E-state index contributed by atoms with van der Waals surface area (Å²) in [5, 5.41) is 11.8. The lowest BCUT2D eigenvalue weighted by atomic mass is 10.1. The van der Waals surface area contributed by atoms with E-state index in [-0.39, 0.29) is 12.1 Å². The maximum absolute atomic E-state index is 12.3. The number of ether oxygens (including phenoxy) is 2. The van der Waals surface area contributed by atoms with Gasteiger partial charge >= 0.3 is 12.0 Å². The van der Waals surface area contributed by atoms with Crippen molar-refractivity contribution in [3.63, 3.8) is 0 Å². The van der Waals surface area contributed by atoms with Crippen LogP contribution >= 0.6 is 0 Å². The number of carboxylic acids is 1. The molecule has 7 heteroatoms. The molecular weight excluding hydrogens is 276 g/mol. The molecule has 0 saturated carbocycles. The minimum absolute atomic E-state index is 0.0218. The highest BCUT2D eigenvalue weighted by molar-refractivity contribution is 5.82. The number of hydrogen-bond acceptors (Lipinski definition) is 4. The lowest BCUT2D eigenvalue weighted by Crippen LogP contribution is -2.51. The van der Waals surface area contributed by atoms with Crippen molar-refractivity contribution < 1.29 is 24.2 Å². The van der Waals surface area contributed by atoms with E-state index in [2.05, 4.69) is 5.32 Å². The molecule has 0 aliphatic carbocycles. The van der Waals surface area contributed by atoms with Gasteiger partial charge in [-0.2, -0.15) is 0 Å². The fraction of sp³-hybridized carbons (Fsp3) is 0.857. The van der Waals surface area contributed by atoms with E-state index >= 15 is 0 Å². The lowest BCUT2D eigenvalue weighted by Gasteiger charge is -2.29. The zero-order chi connectivity index (χ0) is 16.3. The van der Waals surface area contributed by atoms with Crippen LogP contribution in [0.1, 0.15) is 33.1 Å². The molecule has 0 aliphatic rings. The molecule has 0 aliphatic heterocycles. The van der Waals surface area contributed by atoms with Crippen LogP contribution in [0, 0.1) is 0 Å². The summed E-state index contributed by atoms with van der Waals surface area (Å²) < 4.78 is 9.90. The van der Waals surface area contributed by atoms with Crippen LogP contribution in [-0.4, -0.2) is 68.1 Å². The van der Waals surface area contributed by atoms with Gasteiger partial charge in [0.05, 0.1) is 6.61 Å². The average Bonchev–Trinajstić information content (AvgIpc) is 2.46. The van der Waals surface area contributed by atoms with E-state index in [1.54, 1.807) is 19.1 Å². The number of carbonyl (C=O) groups is 2. The Hall–Kier alpha value is -1.34. The van der Waals surface area contributed by atoms with Crippen molar-refractivity contribution in [1.82, 2.24) is 10.2 Å². The van der Waals surface area contributed by atoms with E-state index in [1.807, 2.05) is 13.8 Å². The van der Waals surface area contributed by atoms with Gasteiger partial charge in [-0.3, -0.25) is 0 Å². The third-order valence-corrected chi connectivity index (χ3v) is 3.36. The number of amides is 2. The van der Waals surface area contributed by atoms with Gasteiger partial charge in [-0.05, 0) is 26.2 Å². The van der Waals surface area contributed by atoms with Crippen LogP contribution in [0.2, 0.25) is 0 Å². The predicted octanol–water partition coefficient (Wildman–Crippen LogP) is 1.32. The van der Waals surface area contributed by atoms with E-state index in [0.717, 1.165) is 6.42 Å². The van der Waals surface area contributed by atoms with Crippen LogP contribution in [0.25, 0.3) is 0 Å². The van der Waals surface area contributed by atoms with Crippen molar-refractivity contribution in [3.05, 3.63) is 0 Å². The molecular formula is C14H28N2O5. The Bertz CT molecular complexity index is 312. The van der Waals surface area contributed by atoms with Crippen molar-refractivity contribution in [2.45, 2.75) is 45.2 Å². The van der Waals surface area contributed by atoms with Crippen LogP contribution in [0.4, 0.5) is 4.79 Å². The number of carboxylic acid groups (broad SMARTS) is 1. The fourth-order valence-corrected chi connectivity index (χ4v) is 1.85. The minimum atomic E-state index is -1.03. The zero-order valence-electron chi connectivity index (χ0n) is 13.4. The highest BCUT2D eigenvalue weighted by Gasteiger charge is 2.24. The van der Waals surface area contributed by atoms with Gasteiger partial charge in [0.1, 0.15) is 6.04 Å². The first kappa shape index (κ1) is 19.7. The quantitative estimate of drug-likeness (QED) is 0.562. The summed E-state index contributed by atoms with van der Waals surface area (Å²) >= 11 is 0. The molecule has 0 bridgehead atoms. The first-order chi connectivity index (χ1) is 9.97. The monoisotopic (exact) mass is 304 g/mol. The van der Waals surface area contributed by atoms with Crippen molar-refractivity contribution in [1.29, 1.82) is 0 Å². The number of urea groups is 1. The van der Waals surface area contributed by atoms with E-state index in [4.69, 9.17) is 9.47 Å². The Labute approximate surface area is 126 Å². The van der Waals surface area contributed by atoms with Crippen molar-refractivity contribution in [2.75, 3.05) is 34.0 Å². The SMILES string of the molecule is CCC(C)N(CCOC)C(=O)NC(CCCOC)C(=O)O. The first-order valence-corrected chi connectivity index (χ1v) is 7.25. The maximum Gasteiger partial charge on any atom is 0.326 e. The second-order valence-corrected chi connectivity index (χ2v) is 4.92. The molecule has 2 N–H and O–H groups in total.